The number of nitrogens with two attached hydrogens (primary N) is 1. The summed E-state index contributed by atoms with van der Waals surface area (Å²) in [6.45, 7) is 1.91. The number of nitrogens with zero attached hydrogens (tertiary/aromatic N) is 2. The van der Waals surface area contributed by atoms with Crippen LogP contribution in [0.25, 0.3) is 28.1 Å². The van der Waals surface area contributed by atoms with Gasteiger partial charge in [-0.25, -0.2) is 0 Å². The van der Waals surface area contributed by atoms with Gasteiger partial charge in [0.2, 0.25) is 5.91 Å². The van der Waals surface area contributed by atoms with E-state index in [1.165, 1.54) is 0 Å². The van der Waals surface area contributed by atoms with Gasteiger partial charge < -0.3 is 15.4 Å². The molecule has 0 radical (unpaired) electrons. The standard InChI is InChI=1S/C24H22N4O3/c1-15-12-18(24(25)31)6-9-21(15)28-20(8-11-23(29)30)7-10-22(28)17-4-2-16(3-5-17)19-13-26-27-14-19/h2-7,9-10,12-14H,8,11H2,1H3,(H2,25,31)(H,26,27)(H,29,30). The van der Waals surface area contributed by atoms with Crippen molar-refractivity contribution >= 4 is 11.9 Å². The number of carboxylic acid groups (broad SMARTS) is 1. The number of nitrogens with one attached hydrogen (secondary N) is 1. The topological polar surface area (TPSA) is 114 Å². The molecule has 7 heteroatoms. The Balaban J connectivity index is 1.80. The molecule has 4 rings (SSSR count). The minimum atomic E-state index is -0.848. The number of primary amides is 1. The molecule has 0 unspecified atom stereocenters. The highest BCUT2D eigenvalue weighted by atomic mass is 16.4. The van der Waals surface area contributed by atoms with Gasteiger partial charge in [0.1, 0.15) is 0 Å². The van der Waals surface area contributed by atoms with E-state index in [1.54, 1.807) is 18.3 Å². The summed E-state index contributed by atoms with van der Waals surface area (Å²) in [6.07, 6.45) is 4.03. The van der Waals surface area contributed by atoms with Gasteiger partial charge in [-0.15, -0.1) is 0 Å². The second-order valence-corrected chi connectivity index (χ2v) is 7.37. The van der Waals surface area contributed by atoms with Crippen molar-refractivity contribution in [2.45, 2.75) is 19.8 Å². The number of carbonyl (C=O) groups excluding carboxylic acids is 1. The number of aromatic amines is 1. The Hall–Kier alpha value is -4.13. The van der Waals surface area contributed by atoms with Crippen molar-refractivity contribution in [3.05, 3.63) is 83.8 Å². The summed E-state index contributed by atoms with van der Waals surface area (Å²) in [5, 5.41) is 16.0. The van der Waals surface area contributed by atoms with Gasteiger partial charge in [0.15, 0.2) is 0 Å². The molecule has 0 aliphatic rings. The first-order chi connectivity index (χ1) is 14.9. The molecule has 2 aromatic carbocycles. The highest BCUT2D eigenvalue weighted by Crippen LogP contribution is 2.31. The van der Waals surface area contributed by atoms with Gasteiger partial charge in [-0.05, 0) is 60.4 Å². The molecule has 0 saturated heterocycles. The molecule has 31 heavy (non-hydrogen) atoms. The monoisotopic (exact) mass is 414 g/mol. The van der Waals surface area contributed by atoms with Gasteiger partial charge >= 0.3 is 5.97 Å². The average molecular weight is 414 g/mol. The second kappa shape index (κ2) is 8.31. The lowest BCUT2D eigenvalue weighted by atomic mass is 10.0. The SMILES string of the molecule is Cc1cc(C(N)=O)ccc1-n1c(CCC(=O)O)ccc1-c1ccc(-c2cn[nH]c2)cc1. The summed E-state index contributed by atoms with van der Waals surface area (Å²) in [7, 11) is 0. The van der Waals surface area contributed by atoms with E-state index in [4.69, 9.17) is 10.8 Å². The van der Waals surface area contributed by atoms with Crippen molar-refractivity contribution in [2.24, 2.45) is 5.73 Å². The molecule has 0 bridgehead atoms. The van der Waals surface area contributed by atoms with E-state index < -0.39 is 11.9 Å². The molecule has 4 aromatic rings. The normalized spacial score (nSPS) is 10.9. The Kier molecular flexibility index (Phi) is 5.41. The van der Waals surface area contributed by atoms with Crippen molar-refractivity contribution in [3.8, 4) is 28.1 Å². The Bertz CT molecular complexity index is 1240. The van der Waals surface area contributed by atoms with Crippen LogP contribution in [0.1, 0.15) is 28.0 Å². The number of carboxylic acids is 1. The molecule has 0 aliphatic heterocycles. The van der Waals surface area contributed by atoms with Crippen molar-refractivity contribution in [3.63, 3.8) is 0 Å². The Morgan fingerprint density at radius 1 is 1.03 bits per heavy atom. The van der Waals surface area contributed by atoms with E-state index in [1.807, 2.05) is 55.6 Å². The quantitative estimate of drug-likeness (QED) is 0.425. The first-order valence-electron chi connectivity index (χ1n) is 9.87. The number of aliphatic carboxylic acids is 1. The van der Waals surface area contributed by atoms with Crippen LogP contribution in [0.15, 0.2) is 67.0 Å². The Morgan fingerprint density at radius 2 is 1.77 bits per heavy atom. The average Bonchev–Trinajstić information content (AvgIpc) is 3.42. The molecule has 156 valence electrons. The number of H-pyrrole nitrogens is 1. The lowest BCUT2D eigenvalue weighted by Gasteiger charge is -2.17. The van der Waals surface area contributed by atoms with E-state index >= 15 is 0 Å². The smallest absolute Gasteiger partial charge is 0.303 e. The van der Waals surface area contributed by atoms with Gasteiger partial charge in [-0.1, -0.05) is 24.3 Å². The van der Waals surface area contributed by atoms with E-state index in [9.17, 15) is 9.59 Å². The summed E-state index contributed by atoms with van der Waals surface area (Å²) in [5.74, 6) is -1.33. The van der Waals surface area contributed by atoms with Crippen LogP contribution in [0.2, 0.25) is 0 Å². The maximum absolute atomic E-state index is 11.6. The third kappa shape index (κ3) is 4.11. The van der Waals surface area contributed by atoms with Crippen LogP contribution < -0.4 is 5.73 Å². The Morgan fingerprint density at radius 3 is 2.39 bits per heavy atom. The maximum Gasteiger partial charge on any atom is 0.303 e. The predicted molar refractivity (Wildman–Crippen MR) is 118 cm³/mol. The van der Waals surface area contributed by atoms with Crippen molar-refractivity contribution in [1.29, 1.82) is 0 Å². The number of hydrogen-bond donors (Lipinski definition) is 3. The fourth-order valence-corrected chi connectivity index (χ4v) is 3.72. The fourth-order valence-electron chi connectivity index (χ4n) is 3.72. The molecular formula is C24H22N4O3. The molecule has 0 aliphatic carbocycles. The number of amides is 1. The molecule has 7 nitrogen and oxygen atoms in total. The lowest BCUT2D eigenvalue weighted by molar-refractivity contribution is -0.136. The molecule has 0 spiro atoms. The number of benzene rings is 2. The van der Waals surface area contributed by atoms with Crippen LogP contribution >= 0.6 is 0 Å². The van der Waals surface area contributed by atoms with Crippen LogP contribution in [0.4, 0.5) is 0 Å². The van der Waals surface area contributed by atoms with Gasteiger partial charge in [-0.3, -0.25) is 14.7 Å². The van der Waals surface area contributed by atoms with Crippen molar-refractivity contribution in [1.82, 2.24) is 14.8 Å². The van der Waals surface area contributed by atoms with Gasteiger partial charge in [0.05, 0.1) is 18.3 Å². The number of rotatable bonds is 7. The number of aromatic nitrogens is 3. The zero-order valence-electron chi connectivity index (χ0n) is 17.0. The van der Waals surface area contributed by atoms with Crippen LogP contribution in [-0.2, 0) is 11.2 Å². The molecule has 4 N–H and O–H groups in total. The molecule has 1 amide bonds. The zero-order chi connectivity index (χ0) is 22.0. The number of aryl methyl sites for hydroxylation is 2. The Labute approximate surface area is 179 Å². The first kappa shape index (κ1) is 20.2. The number of hydrogen-bond acceptors (Lipinski definition) is 3. The van der Waals surface area contributed by atoms with Crippen LogP contribution in [0, 0.1) is 6.92 Å². The van der Waals surface area contributed by atoms with Gasteiger partial charge in [-0.2, -0.15) is 5.10 Å². The van der Waals surface area contributed by atoms with Crippen LogP contribution in [0.5, 0.6) is 0 Å². The molecule has 2 aromatic heterocycles. The van der Waals surface area contributed by atoms with Crippen LogP contribution in [0.3, 0.4) is 0 Å². The zero-order valence-corrected chi connectivity index (χ0v) is 17.0. The molecule has 2 heterocycles. The highest BCUT2D eigenvalue weighted by Gasteiger charge is 2.16. The maximum atomic E-state index is 11.6. The van der Waals surface area contributed by atoms with Crippen molar-refractivity contribution in [2.75, 3.05) is 0 Å². The molecule has 0 fully saturated rings. The minimum absolute atomic E-state index is 0.0291. The van der Waals surface area contributed by atoms with E-state index in [0.717, 1.165) is 39.3 Å². The minimum Gasteiger partial charge on any atom is -0.481 e. The predicted octanol–water partition coefficient (Wildman–Crippen LogP) is 3.96. The lowest BCUT2D eigenvalue weighted by Crippen LogP contribution is -2.12. The van der Waals surface area contributed by atoms with E-state index in [0.29, 0.717) is 12.0 Å². The summed E-state index contributed by atoms with van der Waals surface area (Å²) in [5.41, 5.74) is 12.5. The summed E-state index contributed by atoms with van der Waals surface area (Å²) >= 11 is 0. The summed E-state index contributed by atoms with van der Waals surface area (Å²) in [4.78, 5) is 22.7. The van der Waals surface area contributed by atoms with Crippen LogP contribution in [-0.4, -0.2) is 31.7 Å². The third-order valence-electron chi connectivity index (χ3n) is 5.29. The largest absolute Gasteiger partial charge is 0.481 e. The highest BCUT2D eigenvalue weighted by molar-refractivity contribution is 5.93. The van der Waals surface area contributed by atoms with E-state index in [2.05, 4.69) is 14.8 Å². The molecule has 0 saturated carbocycles. The van der Waals surface area contributed by atoms with Crippen molar-refractivity contribution < 1.29 is 14.7 Å². The number of carbonyl (C=O) groups is 2. The summed E-state index contributed by atoms with van der Waals surface area (Å²) in [6, 6.07) is 17.3. The second-order valence-electron chi connectivity index (χ2n) is 7.37. The molecular weight excluding hydrogens is 392 g/mol. The van der Waals surface area contributed by atoms with E-state index in [-0.39, 0.29) is 6.42 Å². The third-order valence-corrected chi connectivity index (χ3v) is 5.29. The van der Waals surface area contributed by atoms with Gasteiger partial charge in [0, 0.05) is 28.7 Å². The van der Waals surface area contributed by atoms with Gasteiger partial charge in [0.25, 0.3) is 0 Å². The molecule has 0 atom stereocenters. The summed E-state index contributed by atoms with van der Waals surface area (Å²) < 4.78 is 2.05. The fraction of sp³-hybridized carbons (Fsp3) is 0.125. The first-order valence-corrected chi connectivity index (χ1v) is 9.87.